The van der Waals surface area contributed by atoms with E-state index in [-0.39, 0.29) is 17.4 Å². The fraction of sp³-hybridized carbons (Fsp3) is 0.714. The molecule has 1 aromatic rings. The highest BCUT2D eigenvalue weighted by Gasteiger charge is 2.28. The van der Waals surface area contributed by atoms with Gasteiger partial charge in [-0.15, -0.1) is 0 Å². The van der Waals surface area contributed by atoms with E-state index in [0.717, 1.165) is 0 Å². The summed E-state index contributed by atoms with van der Waals surface area (Å²) < 4.78 is 26.6. The maximum atomic E-state index is 11.1. The third-order valence-electron chi connectivity index (χ3n) is 2.29. The zero-order valence-corrected chi connectivity index (χ0v) is 8.21. The minimum atomic E-state index is -2.86. The predicted molar refractivity (Wildman–Crippen MR) is 47.6 cm³/mol. The largest absolute Gasteiger partial charge is 0.438 e. The Morgan fingerprint density at radius 2 is 2.36 bits per heavy atom. The molecule has 1 saturated heterocycles. The average molecular weight is 218 g/mol. The molecule has 2 rings (SSSR count). The van der Waals surface area contributed by atoms with Crippen molar-refractivity contribution in [3.63, 3.8) is 0 Å². The summed E-state index contributed by atoms with van der Waals surface area (Å²) in [6, 6.07) is 0. The highest BCUT2D eigenvalue weighted by atomic mass is 32.2. The van der Waals surface area contributed by atoms with Crippen LogP contribution in [0.5, 0.6) is 0 Å². The fourth-order valence-corrected chi connectivity index (χ4v) is 3.52. The summed E-state index contributed by atoms with van der Waals surface area (Å²) in [5.41, 5.74) is 0. The number of sulfone groups is 1. The van der Waals surface area contributed by atoms with E-state index in [9.17, 15) is 13.2 Å². The molecule has 1 fully saturated rings. The van der Waals surface area contributed by atoms with Crippen LogP contribution < -0.4 is 5.76 Å². The van der Waals surface area contributed by atoms with Crippen LogP contribution in [0.15, 0.2) is 9.32 Å². The maximum absolute atomic E-state index is 11.1. The summed E-state index contributed by atoms with van der Waals surface area (Å²) in [7, 11) is -2.86. The van der Waals surface area contributed by atoms with Crippen LogP contribution >= 0.6 is 0 Å². The van der Waals surface area contributed by atoms with E-state index < -0.39 is 15.6 Å². The van der Waals surface area contributed by atoms with Crippen molar-refractivity contribution in [2.24, 2.45) is 5.92 Å². The number of nitrogens with one attached hydrogen (secondary N) is 1. The molecule has 6 nitrogen and oxygen atoms in total. The first kappa shape index (κ1) is 9.45. The third kappa shape index (κ3) is 2.03. The zero-order chi connectivity index (χ0) is 10.2. The average Bonchev–Trinajstić information content (AvgIpc) is 2.59. The van der Waals surface area contributed by atoms with Gasteiger partial charge in [-0.3, -0.25) is 9.51 Å². The normalized spacial score (nSPS) is 25.3. The number of hydrogen-bond donors (Lipinski definition) is 1. The SMILES string of the molecule is O=c1[nH]c(CC2CCS(=O)(=O)C2)no1. The lowest BCUT2D eigenvalue weighted by Crippen LogP contribution is -2.09. The van der Waals surface area contributed by atoms with Crippen LogP contribution in [-0.2, 0) is 16.3 Å². The third-order valence-corrected chi connectivity index (χ3v) is 4.13. The van der Waals surface area contributed by atoms with Crippen molar-refractivity contribution in [1.82, 2.24) is 10.1 Å². The van der Waals surface area contributed by atoms with Gasteiger partial charge in [-0.25, -0.2) is 13.2 Å². The molecule has 0 spiro atoms. The first-order chi connectivity index (χ1) is 6.55. The van der Waals surface area contributed by atoms with E-state index in [0.29, 0.717) is 18.7 Å². The van der Waals surface area contributed by atoms with Gasteiger partial charge in [0.2, 0.25) is 0 Å². The van der Waals surface area contributed by atoms with Crippen LogP contribution in [0.2, 0.25) is 0 Å². The van der Waals surface area contributed by atoms with Crippen molar-refractivity contribution in [2.45, 2.75) is 12.8 Å². The van der Waals surface area contributed by atoms with Gasteiger partial charge in [-0.1, -0.05) is 5.16 Å². The first-order valence-electron chi connectivity index (χ1n) is 4.30. The van der Waals surface area contributed by atoms with Gasteiger partial charge in [0, 0.05) is 6.42 Å². The summed E-state index contributed by atoms with van der Waals surface area (Å²) >= 11 is 0. The summed E-state index contributed by atoms with van der Waals surface area (Å²) in [5.74, 6) is 0.306. The smallest absolute Gasteiger partial charge is 0.296 e. The van der Waals surface area contributed by atoms with Gasteiger partial charge in [0.1, 0.15) is 0 Å². The predicted octanol–water partition coefficient (Wildman–Crippen LogP) is -0.660. The van der Waals surface area contributed by atoms with E-state index in [1.807, 2.05) is 0 Å². The standard InChI is InChI=1S/C7H10N2O4S/c10-7-8-6(9-13-7)3-5-1-2-14(11,12)4-5/h5H,1-4H2,(H,8,9,10). The molecule has 1 aromatic heterocycles. The molecule has 0 bridgehead atoms. The number of hydrogen-bond acceptors (Lipinski definition) is 5. The van der Waals surface area contributed by atoms with Crippen LogP contribution in [0.25, 0.3) is 0 Å². The highest BCUT2D eigenvalue weighted by Crippen LogP contribution is 2.20. The Morgan fingerprint density at radius 1 is 1.57 bits per heavy atom. The minimum Gasteiger partial charge on any atom is -0.296 e. The number of H-pyrrole nitrogens is 1. The van der Waals surface area contributed by atoms with Gasteiger partial charge in [-0.2, -0.15) is 0 Å². The van der Waals surface area contributed by atoms with Gasteiger partial charge in [0.05, 0.1) is 11.5 Å². The Hall–Kier alpha value is -1.11. The lowest BCUT2D eigenvalue weighted by molar-refractivity contribution is 0.378. The van der Waals surface area contributed by atoms with Crippen LogP contribution in [0.3, 0.4) is 0 Å². The van der Waals surface area contributed by atoms with Crippen molar-refractivity contribution in [2.75, 3.05) is 11.5 Å². The van der Waals surface area contributed by atoms with Crippen molar-refractivity contribution in [1.29, 1.82) is 0 Å². The van der Waals surface area contributed by atoms with Gasteiger partial charge in [0.15, 0.2) is 15.7 Å². The molecule has 1 unspecified atom stereocenters. The molecule has 1 aliphatic rings. The maximum Gasteiger partial charge on any atom is 0.438 e. The van der Waals surface area contributed by atoms with Crippen LogP contribution in [0, 0.1) is 5.92 Å². The second-order valence-electron chi connectivity index (χ2n) is 3.51. The molecule has 7 heteroatoms. The monoisotopic (exact) mass is 218 g/mol. The van der Waals surface area contributed by atoms with Crippen LogP contribution in [0.4, 0.5) is 0 Å². The highest BCUT2D eigenvalue weighted by molar-refractivity contribution is 7.91. The molecule has 14 heavy (non-hydrogen) atoms. The Morgan fingerprint density at radius 3 is 2.86 bits per heavy atom. The molecular formula is C7H10N2O4S. The van der Waals surface area contributed by atoms with E-state index in [1.165, 1.54) is 0 Å². The van der Waals surface area contributed by atoms with Gasteiger partial charge in [-0.05, 0) is 12.3 Å². The Kier molecular flexibility index (Phi) is 2.18. The molecule has 78 valence electrons. The zero-order valence-electron chi connectivity index (χ0n) is 7.39. The van der Waals surface area contributed by atoms with E-state index >= 15 is 0 Å². The fourth-order valence-electron chi connectivity index (χ4n) is 1.65. The van der Waals surface area contributed by atoms with Gasteiger partial charge < -0.3 is 0 Å². The van der Waals surface area contributed by atoms with Crippen molar-refractivity contribution in [3.8, 4) is 0 Å². The van der Waals surface area contributed by atoms with E-state index in [1.54, 1.807) is 0 Å². The lowest BCUT2D eigenvalue weighted by atomic mass is 10.1. The summed E-state index contributed by atoms with van der Waals surface area (Å²) in [6.45, 7) is 0. The second kappa shape index (κ2) is 3.23. The molecule has 0 aliphatic carbocycles. The molecule has 0 radical (unpaired) electrons. The molecule has 0 amide bonds. The van der Waals surface area contributed by atoms with E-state index in [2.05, 4.69) is 14.7 Å². The molecule has 0 aromatic carbocycles. The van der Waals surface area contributed by atoms with Gasteiger partial charge >= 0.3 is 5.76 Å². The Bertz CT molecular complexity index is 472. The molecule has 0 saturated carbocycles. The van der Waals surface area contributed by atoms with Crippen LogP contribution in [-0.4, -0.2) is 30.1 Å². The summed E-state index contributed by atoms with van der Waals surface area (Å²) in [4.78, 5) is 13.0. The Labute approximate surface area is 80.2 Å². The topological polar surface area (TPSA) is 93.0 Å². The molecular weight excluding hydrogens is 208 g/mol. The first-order valence-corrected chi connectivity index (χ1v) is 6.12. The lowest BCUT2D eigenvalue weighted by Gasteiger charge is -2.01. The van der Waals surface area contributed by atoms with Crippen molar-refractivity contribution < 1.29 is 12.9 Å². The molecule has 1 aliphatic heterocycles. The number of aromatic nitrogens is 2. The summed E-state index contributed by atoms with van der Waals surface area (Å²) in [5, 5.41) is 3.49. The Balaban J connectivity index is 2.04. The summed E-state index contributed by atoms with van der Waals surface area (Å²) in [6.07, 6.45) is 1.10. The van der Waals surface area contributed by atoms with Crippen LogP contribution in [0.1, 0.15) is 12.2 Å². The molecule has 2 heterocycles. The number of rotatable bonds is 2. The van der Waals surface area contributed by atoms with Crippen molar-refractivity contribution >= 4 is 9.84 Å². The number of aromatic amines is 1. The van der Waals surface area contributed by atoms with E-state index in [4.69, 9.17) is 0 Å². The second-order valence-corrected chi connectivity index (χ2v) is 5.74. The van der Waals surface area contributed by atoms with Crippen molar-refractivity contribution in [3.05, 3.63) is 16.4 Å². The number of nitrogens with zero attached hydrogens (tertiary/aromatic N) is 1. The minimum absolute atomic E-state index is 0.0562. The molecule has 1 N–H and O–H groups in total. The molecule has 1 atom stereocenters. The quantitative estimate of drug-likeness (QED) is 0.711. The van der Waals surface area contributed by atoms with Gasteiger partial charge in [0.25, 0.3) is 0 Å².